The van der Waals surface area contributed by atoms with E-state index in [1.165, 1.54) is 22.8 Å². The number of hydrogen-bond donors (Lipinski definition) is 2. The summed E-state index contributed by atoms with van der Waals surface area (Å²) in [4.78, 5) is 28.1. The molecular formula is C19H21F2N3O2. The van der Waals surface area contributed by atoms with Crippen molar-refractivity contribution in [3.63, 3.8) is 0 Å². The van der Waals surface area contributed by atoms with Crippen molar-refractivity contribution < 1.29 is 8.78 Å². The fraction of sp³-hybridized carbons (Fsp3) is 0.474. The van der Waals surface area contributed by atoms with Gasteiger partial charge in [-0.3, -0.25) is 14.3 Å². The molecule has 2 heterocycles. The predicted molar refractivity (Wildman–Crippen MR) is 94.8 cm³/mol. The van der Waals surface area contributed by atoms with Gasteiger partial charge in [-0.15, -0.1) is 0 Å². The Labute approximate surface area is 149 Å². The lowest BCUT2D eigenvalue weighted by atomic mass is 9.93. The highest BCUT2D eigenvalue weighted by Gasteiger charge is 2.33. The Bertz CT molecular complexity index is 931. The van der Waals surface area contributed by atoms with Crippen molar-refractivity contribution in [2.24, 2.45) is 0 Å². The van der Waals surface area contributed by atoms with Gasteiger partial charge in [-0.25, -0.2) is 13.6 Å². The zero-order chi connectivity index (χ0) is 18.3. The van der Waals surface area contributed by atoms with E-state index in [1.54, 1.807) is 6.07 Å². The summed E-state index contributed by atoms with van der Waals surface area (Å²) in [6.07, 6.45) is 3.17. The number of anilines is 1. The smallest absolute Gasteiger partial charge is 0.330 e. The molecule has 5 nitrogen and oxygen atoms in total. The van der Waals surface area contributed by atoms with E-state index in [2.05, 4.69) is 10.3 Å². The molecule has 1 aromatic carbocycles. The molecule has 2 N–H and O–H groups in total. The van der Waals surface area contributed by atoms with Crippen LogP contribution in [0.5, 0.6) is 0 Å². The Balaban J connectivity index is 1.72. The van der Waals surface area contributed by atoms with Gasteiger partial charge in [-0.1, -0.05) is 31.4 Å². The first-order valence-electron chi connectivity index (χ1n) is 9.08. The third-order valence-corrected chi connectivity index (χ3v) is 5.44. The van der Waals surface area contributed by atoms with Gasteiger partial charge < -0.3 is 5.32 Å². The average Bonchev–Trinajstić information content (AvgIpc) is 2.63. The zero-order valence-corrected chi connectivity index (χ0v) is 14.3. The summed E-state index contributed by atoms with van der Waals surface area (Å²) in [6, 6.07) is 4.76. The van der Waals surface area contributed by atoms with Crippen molar-refractivity contribution in [3.8, 4) is 0 Å². The van der Waals surface area contributed by atoms with Gasteiger partial charge in [0.2, 0.25) is 0 Å². The van der Waals surface area contributed by atoms with Crippen LogP contribution in [0.2, 0.25) is 0 Å². The lowest BCUT2D eigenvalue weighted by Gasteiger charge is -2.31. The van der Waals surface area contributed by atoms with Gasteiger partial charge in [0.25, 0.3) is 5.56 Å². The van der Waals surface area contributed by atoms with Crippen molar-refractivity contribution in [1.82, 2.24) is 9.55 Å². The van der Waals surface area contributed by atoms with Gasteiger partial charge in [-0.2, -0.15) is 0 Å². The summed E-state index contributed by atoms with van der Waals surface area (Å²) in [6.45, 7) is 0. The van der Waals surface area contributed by atoms with E-state index in [1.807, 2.05) is 0 Å². The van der Waals surface area contributed by atoms with E-state index >= 15 is 0 Å². The standard InChI is InChI=1S/C19H21F2N3O2/c20-12-6-4-5-11(9-12)16-15(21)10-14-17(22-16)23-19(26)24(18(14)25)13-7-2-1-3-8-13/h4-6,9,13,15-16,22H,1-3,7-8,10H2,(H,23,26)/t15-,16-/m1/s1. The maximum Gasteiger partial charge on any atom is 0.330 e. The number of nitrogens with zero attached hydrogens (tertiary/aromatic N) is 1. The molecule has 0 radical (unpaired) electrons. The molecule has 138 valence electrons. The highest BCUT2D eigenvalue weighted by molar-refractivity contribution is 5.49. The number of aromatic nitrogens is 2. The number of benzene rings is 1. The molecule has 0 amide bonds. The molecule has 0 unspecified atom stereocenters. The van der Waals surface area contributed by atoms with E-state index in [0.717, 1.165) is 32.1 Å². The number of rotatable bonds is 2. The molecule has 0 bridgehead atoms. The topological polar surface area (TPSA) is 66.9 Å². The van der Waals surface area contributed by atoms with Gasteiger partial charge in [-0.05, 0) is 30.5 Å². The fourth-order valence-corrected chi connectivity index (χ4v) is 4.12. The van der Waals surface area contributed by atoms with Crippen LogP contribution in [-0.2, 0) is 6.42 Å². The van der Waals surface area contributed by atoms with E-state index in [0.29, 0.717) is 5.56 Å². The number of nitrogens with one attached hydrogen (secondary N) is 2. The van der Waals surface area contributed by atoms with Crippen LogP contribution in [0.15, 0.2) is 33.9 Å². The van der Waals surface area contributed by atoms with Crippen LogP contribution >= 0.6 is 0 Å². The summed E-state index contributed by atoms with van der Waals surface area (Å²) in [5.74, 6) is -0.210. The Morgan fingerprint density at radius 2 is 1.88 bits per heavy atom. The number of fused-ring (bicyclic) bond motifs is 1. The number of H-pyrrole nitrogens is 1. The monoisotopic (exact) mass is 361 g/mol. The van der Waals surface area contributed by atoms with Crippen molar-refractivity contribution >= 4 is 5.82 Å². The Morgan fingerprint density at radius 1 is 1.12 bits per heavy atom. The Morgan fingerprint density at radius 3 is 2.62 bits per heavy atom. The summed E-state index contributed by atoms with van der Waals surface area (Å²) >= 11 is 0. The van der Waals surface area contributed by atoms with Crippen LogP contribution in [0, 0.1) is 5.82 Å². The van der Waals surface area contributed by atoms with Gasteiger partial charge in [0.15, 0.2) is 0 Å². The van der Waals surface area contributed by atoms with Crippen molar-refractivity contribution in [1.29, 1.82) is 0 Å². The average molecular weight is 361 g/mol. The lowest BCUT2D eigenvalue weighted by molar-refractivity contribution is 0.281. The Hall–Kier alpha value is -2.44. The zero-order valence-electron chi connectivity index (χ0n) is 14.3. The van der Waals surface area contributed by atoms with Gasteiger partial charge in [0.1, 0.15) is 17.8 Å². The summed E-state index contributed by atoms with van der Waals surface area (Å²) in [5.41, 5.74) is -0.178. The number of halogens is 2. The van der Waals surface area contributed by atoms with Crippen LogP contribution in [0.4, 0.5) is 14.6 Å². The van der Waals surface area contributed by atoms with E-state index in [4.69, 9.17) is 0 Å². The molecular weight excluding hydrogens is 340 g/mol. The molecule has 0 spiro atoms. The van der Waals surface area contributed by atoms with Crippen LogP contribution in [0.1, 0.15) is 55.3 Å². The first kappa shape index (κ1) is 17.0. The van der Waals surface area contributed by atoms with Crippen LogP contribution in [0.25, 0.3) is 0 Å². The minimum atomic E-state index is -1.39. The molecule has 7 heteroatoms. The second kappa shape index (κ2) is 6.70. The van der Waals surface area contributed by atoms with Crippen molar-refractivity contribution in [2.45, 2.75) is 56.8 Å². The Kier molecular flexibility index (Phi) is 4.38. The maximum absolute atomic E-state index is 14.8. The van der Waals surface area contributed by atoms with E-state index in [9.17, 15) is 18.4 Å². The van der Waals surface area contributed by atoms with Crippen molar-refractivity contribution in [2.75, 3.05) is 5.32 Å². The maximum atomic E-state index is 14.8. The second-order valence-corrected chi connectivity index (χ2v) is 7.15. The van der Waals surface area contributed by atoms with Crippen molar-refractivity contribution in [3.05, 3.63) is 62.0 Å². The highest BCUT2D eigenvalue weighted by atomic mass is 19.1. The SMILES string of the molecule is O=c1[nH]c2c(c(=O)n1C1CCCCC1)C[C@@H](F)[C@@H](c1cccc(F)c1)N2. The van der Waals surface area contributed by atoms with Gasteiger partial charge >= 0.3 is 5.69 Å². The van der Waals surface area contributed by atoms with Gasteiger partial charge in [0, 0.05) is 12.5 Å². The van der Waals surface area contributed by atoms with Crippen LogP contribution in [-0.4, -0.2) is 15.7 Å². The molecule has 1 fully saturated rings. The molecule has 1 aliphatic carbocycles. The lowest BCUT2D eigenvalue weighted by Crippen LogP contribution is -2.44. The van der Waals surface area contributed by atoms with Crippen LogP contribution < -0.4 is 16.6 Å². The first-order chi connectivity index (χ1) is 12.5. The minimum Gasteiger partial charge on any atom is -0.361 e. The molecule has 26 heavy (non-hydrogen) atoms. The van der Waals surface area contributed by atoms with E-state index < -0.39 is 29.3 Å². The largest absolute Gasteiger partial charge is 0.361 e. The normalized spacial score (nSPS) is 23.3. The second-order valence-electron chi connectivity index (χ2n) is 7.15. The van der Waals surface area contributed by atoms with E-state index in [-0.39, 0.29) is 23.8 Å². The molecule has 1 aromatic heterocycles. The molecule has 2 aromatic rings. The first-order valence-corrected chi connectivity index (χ1v) is 9.08. The minimum absolute atomic E-state index is 0.105. The predicted octanol–water partition coefficient (Wildman–Crippen LogP) is 3.23. The molecule has 1 aliphatic heterocycles. The molecule has 4 rings (SSSR count). The molecule has 1 saturated carbocycles. The van der Waals surface area contributed by atoms with Crippen LogP contribution in [0.3, 0.4) is 0 Å². The number of alkyl halides is 1. The third kappa shape index (κ3) is 2.95. The fourth-order valence-electron chi connectivity index (χ4n) is 4.12. The molecule has 2 aliphatic rings. The quantitative estimate of drug-likeness (QED) is 0.863. The molecule has 0 saturated heterocycles. The highest BCUT2D eigenvalue weighted by Crippen LogP contribution is 2.32. The van der Waals surface area contributed by atoms with Gasteiger partial charge in [0.05, 0.1) is 11.6 Å². The number of hydrogen-bond acceptors (Lipinski definition) is 3. The third-order valence-electron chi connectivity index (χ3n) is 5.44. The summed E-state index contributed by atoms with van der Waals surface area (Å²) < 4.78 is 29.5. The summed E-state index contributed by atoms with van der Waals surface area (Å²) in [7, 11) is 0. The number of aromatic amines is 1. The molecule has 2 atom stereocenters. The summed E-state index contributed by atoms with van der Waals surface area (Å²) in [5, 5.41) is 2.89.